The van der Waals surface area contributed by atoms with Gasteiger partial charge in [-0.25, -0.2) is 9.59 Å². The van der Waals surface area contributed by atoms with Crippen molar-refractivity contribution >= 4 is 12.1 Å². The van der Waals surface area contributed by atoms with E-state index in [4.69, 9.17) is 14.2 Å². The Morgan fingerprint density at radius 1 is 1.26 bits per heavy atom. The van der Waals surface area contributed by atoms with Crippen molar-refractivity contribution in [2.24, 2.45) is 0 Å². The van der Waals surface area contributed by atoms with Gasteiger partial charge < -0.3 is 14.2 Å². The second kappa shape index (κ2) is 8.91. The first kappa shape index (κ1) is 19.5. The maximum absolute atomic E-state index is 12.4. The van der Waals surface area contributed by atoms with Gasteiger partial charge in [0.1, 0.15) is 11.7 Å². The summed E-state index contributed by atoms with van der Waals surface area (Å²) < 4.78 is 16.3. The van der Waals surface area contributed by atoms with Gasteiger partial charge >= 0.3 is 12.1 Å². The lowest BCUT2D eigenvalue weighted by atomic mass is 10.1. The summed E-state index contributed by atoms with van der Waals surface area (Å²) in [6, 6.07) is -0.813. The Labute approximate surface area is 138 Å². The van der Waals surface area contributed by atoms with Crippen LogP contribution in [0.3, 0.4) is 0 Å². The molecule has 0 aromatic carbocycles. The number of amides is 1. The van der Waals surface area contributed by atoms with Crippen LogP contribution in [0.15, 0.2) is 12.2 Å². The number of hydrogen-bond acceptors (Lipinski definition) is 5. The van der Waals surface area contributed by atoms with E-state index in [-0.39, 0.29) is 6.61 Å². The summed E-state index contributed by atoms with van der Waals surface area (Å²) in [5.74, 6) is -0.468. The van der Waals surface area contributed by atoms with Crippen molar-refractivity contribution in [1.82, 2.24) is 4.90 Å². The summed E-state index contributed by atoms with van der Waals surface area (Å²) in [6.45, 7) is 10.3. The van der Waals surface area contributed by atoms with Gasteiger partial charge in [0, 0.05) is 13.2 Å². The number of carbonyl (C=O) groups is 2. The van der Waals surface area contributed by atoms with Crippen molar-refractivity contribution in [3.63, 3.8) is 0 Å². The number of carbonyl (C=O) groups excluding carboxylic acids is 2. The molecule has 0 radical (unpaired) electrons. The fourth-order valence-corrected chi connectivity index (χ4v) is 2.21. The van der Waals surface area contributed by atoms with Crippen molar-refractivity contribution in [3.05, 3.63) is 12.2 Å². The van der Waals surface area contributed by atoms with E-state index in [0.29, 0.717) is 13.2 Å². The highest BCUT2D eigenvalue weighted by molar-refractivity contribution is 5.83. The van der Waals surface area contributed by atoms with E-state index in [1.165, 1.54) is 4.90 Å². The van der Waals surface area contributed by atoms with Gasteiger partial charge in [-0.05, 0) is 34.1 Å². The smallest absolute Gasteiger partial charge is 0.411 e. The van der Waals surface area contributed by atoms with Crippen LogP contribution >= 0.6 is 0 Å². The molecule has 1 rings (SSSR count). The summed E-state index contributed by atoms with van der Waals surface area (Å²) in [5, 5.41) is 0. The summed E-state index contributed by atoms with van der Waals surface area (Å²) in [4.78, 5) is 26.1. The molecule has 0 saturated carbocycles. The lowest BCUT2D eigenvalue weighted by molar-refractivity contribution is -0.154. The monoisotopic (exact) mass is 327 g/mol. The van der Waals surface area contributed by atoms with Gasteiger partial charge in [-0.3, -0.25) is 4.90 Å². The second-order valence-electron chi connectivity index (χ2n) is 6.45. The Morgan fingerprint density at radius 3 is 2.52 bits per heavy atom. The Kier molecular flexibility index (Phi) is 7.55. The van der Waals surface area contributed by atoms with Crippen LogP contribution in [0.5, 0.6) is 0 Å². The summed E-state index contributed by atoms with van der Waals surface area (Å²) >= 11 is 0. The van der Waals surface area contributed by atoms with E-state index in [9.17, 15) is 9.59 Å². The number of hydrogen-bond donors (Lipinski definition) is 0. The van der Waals surface area contributed by atoms with Crippen molar-refractivity contribution < 1.29 is 23.8 Å². The van der Waals surface area contributed by atoms with Gasteiger partial charge in [-0.1, -0.05) is 25.5 Å². The Balaban J connectivity index is 2.91. The van der Waals surface area contributed by atoms with Crippen molar-refractivity contribution in [2.45, 2.75) is 65.2 Å². The van der Waals surface area contributed by atoms with E-state index < -0.39 is 29.8 Å². The Morgan fingerprint density at radius 2 is 1.96 bits per heavy atom. The predicted molar refractivity (Wildman–Crippen MR) is 87.1 cm³/mol. The van der Waals surface area contributed by atoms with Crippen LogP contribution in [0.25, 0.3) is 0 Å². The SMILES string of the molecule is CCCCOC1C=CCN(C(=O)OC(C)(C)C)C1C(=O)OCC. The molecule has 2 atom stereocenters. The van der Waals surface area contributed by atoms with Gasteiger partial charge in [-0.15, -0.1) is 0 Å². The Bertz CT molecular complexity index is 427. The molecule has 1 amide bonds. The molecule has 0 fully saturated rings. The molecule has 0 bridgehead atoms. The fraction of sp³-hybridized carbons (Fsp3) is 0.765. The molecule has 0 aliphatic carbocycles. The standard InChI is InChI=1S/C17H29NO5/c1-6-8-12-22-13-10-9-11-18(14(13)15(19)21-7-2)16(20)23-17(3,4)5/h9-10,13-14H,6-8,11-12H2,1-5H3. The molecular formula is C17H29NO5. The van der Waals surface area contributed by atoms with E-state index in [1.807, 2.05) is 12.2 Å². The quantitative estimate of drug-likeness (QED) is 0.426. The van der Waals surface area contributed by atoms with Crippen LogP contribution in [-0.2, 0) is 19.0 Å². The lowest BCUT2D eigenvalue weighted by Crippen LogP contribution is -2.55. The van der Waals surface area contributed by atoms with Gasteiger partial charge in [0.15, 0.2) is 6.04 Å². The minimum absolute atomic E-state index is 0.253. The third-order valence-corrected chi connectivity index (χ3v) is 3.24. The van der Waals surface area contributed by atoms with E-state index in [2.05, 4.69) is 6.92 Å². The fourth-order valence-electron chi connectivity index (χ4n) is 2.21. The molecule has 0 saturated heterocycles. The second-order valence-corrected chi connectivity index (χ2v) is 6.45. The Hall–Kier alpha value is -1.56. The summed E-state index contributed by atoms with van der Waals surface area (Å²) in [6.07, 6.45) is 4.47. The normalized spacial score (nSPS) is 21.2. The lowest BCUT2D eigenvalue weighted by Gasteiger charge is -2.37. The molecule has 6 nitrogen and oxygen atoms in total. The van der Waals surface area contributed by atoms with Crippen molar-refractivity contribution in [2.75, 3.05) is 19.8 Å². The zero-order valence-corrected chi connectivity index (χ0v) is 14.8. The molecule has 23 heavy (non-hydrogen) atoms. The topological polar surface area (TPSA) is 65.1 Å². The molecule has 132 valence electrons. The van der Waals surface area contributed by atoms with Crippen molar-refractivity contribution in [3.8, 4) is 0 Å². The molecule has 2 unspecified atom stereocenters. The van der Waals surface area contributed by atoms with E-state index in [0.717, 1.165) is 12.8 Å². The average molecular weight is 327 g/mol. The van der Waals surface area contributed by atoms with Gasteiger partial charge in [-0.2, -0.15) is 0 Å². The highest BCUT2D eigenvalue weighted by Crippen LogP contribution is 2.21. The summed E-state index contributed by atoms with van der Waals surface area (Å²) in [7, 11) is 0. The maximum atomic E-state index is 12.4. The number of unbranched alkanes of at least 4 members (excludes halogenated alkanes) is 1. The predicted octanol–water partition coefficient (Wildman–Crippen LogP) is 2.91. The number of esters is 1. The first-order valence-corrected chi connectivity index (χ1v) is 8.24. The van der Waals surface area contributed by atoms with E-state index in [1.54, 1.807) is 27.7 Å². The number of rotatable bonds is 6. The number of ether oxygens (including phenoxy) is 3. The molecule has 0 aromatic rings. The van der Waals surface area contributed by atoms with Gasteiger partial charge in [0.05, 0.1) is 6.61 Å². The van der Waals surface area contributed by atoms with Crippen LogP contribution in [0.1, 0.15) is 47.5 Å². The zero-order chi connectivity index (χ0) is 17.5. The van der Waals surface area contributed by atoms with Crippen LogP contribution in [0.4, 0.5) is 4.79 Å². The third kappa shape index (κ3) is 6.22. The largest absolute Gasteiger partial charge is 0.464 e. The van der Waals surface area contributed by atoms with Gasteiger partial charge in [0.2, 0.25) is 0 Å². The maximum Gasteiger partial charge on any atom is 0.411 e. The van der Waals surface area contributed by atoms with E-state index >= 15 is 0 Å². The molecule has 0 aromatic heterocycles. The third-order valence-electron chi connectivity index (χ3n) is 3.24. The first-order chi connectivity index (χ1) is 10.8. The van der Waals surface area contributed by atoms with Crippen LogP contribution in [-0.4, -0.2) is 54.5 Å². The summed E-state index contributed by atoms with van der Waals surface area (Å²) in [5.41, 5.74) is -0.629. The highest BCUT2D eigenvalue weighted by atomic mass is 16.6. The average Bonchev–Trinajstić information content (AvgIpc) is 2.45. The molecular weight excluding hydrogens is 298 g/mol. The van der Waals surface area contributed by atoms with Crippen LogP contribution < -0.4 is 0 Å². The highest BCUT2D eigenvalue weighted by Gasteiger charge is 2.40. The molecule has 1 heterocycles. The first-order valence-electron chi connectivity index (χ1n) is 8.24. The molecule has 1 aliphatic rings. The molecule has 0 spiro atoms. The minimum Gasteiger partial charge on any atom is -0.464 e. The number of nitrogens with zero attached hydrogens (tertiary/aromatic N) is 1. The molecule has 1 aliphatic heterocycles. The zero-order valence-electron chi connectivity index (χ0n) is 14.8. The van der Waals surface area contributed by atoms with Crippen molar-refractivity contribution in [1.29, 1.82) is 0 Å². The minimum atomic E-state index is -0.813. The van der Waals surface area contributed by atoms with Gasteiger partial charge in [0.25, 0.3) is 0 Å². The van der Waals surface area contributed by atoms with Crippen LogP contribution in [0, 0.1) is 0 Å². The van der Waals surface area contributed by atoms with Crippen LogP contribution in [0.2, 0.25) is 0 Å². The molecule has 0 N–H and O–H groups in total. The molecule has 6 heteroatoms.